The van der Waals surface area contributed by atoms with Gasteiger partial charge in [-0.3, -0.25) is 13.9 Å². The third kappa shape index (κ3) is 4.41. The fourth-order valence-electron chi connectivity index (χ4n) is 2.59. The number of rotatable bonds is 5. The lowest BCUT2D eigenvalue weighted by Gasteiger charge is -2.34. The van der Waals surface area contributed by atoms with Crippen molar-refractivity contribution in [3.8, 4) is 0 Å². The van der Waals surface area contributed by atoms with E-state index in [1.165, 1.54) is 0 Å². The zero-order chi connectivity index (χ0) is 14.8. The van der Waals surface area contributed by atoms with Gasteiger partial charge in [-0.15, -0.1) is 0 Å². The van der Waals surface area contributed by atoms with Crippen molar-refractivity contribution in [2.45, 2.75) is 42.6 Å². The zero-order valence-corrected chi connectivity index (χ0v) is 11.6. The van der Waals surface area contributed by atoms with Crippen LogP contribution in [-0.4, -0.2) is 47.5 Å². The maximum absolute atomic E-state index is 11.2. The van der Waals surface area contributed by atoms with Gasteiger partial charge in [-0.1, -0.05) is 6.42 Å². The molecule has 8 nitrogen and oxygen atoms in total. The predicted molar refractivity (Wildman–Crippen MR) is 64.9 cm³/mol. The summed E-state index contributed by atoms with van der Waals surface area (Å²) >= 11 is 0. The number of aliphatic carboxylic acids is 1. The molecule has 1 aliphatic carbocycles. The Balaban J connectivity index is 3.07. The molecule has 0 aromatic heterocycles. The Morgan fingerprint density at radius 3 is 1.74 bits per heavy atom. The Labute approximate surface area is 111 Å². The average molecular weight is 316 g/mol. The lowest BCUT2D eigenvalue weighted by molar-refractivity contribution is -0.137. The van der Waals surface area contributed by atoms with Crippen LogP contribution in [-0.2, 0) is 25.0 Å². The van der Waals surface area contributed by atoms with E-state index >= 15 is 0 Å². The summed E-state index contributed by atoms with van der Waals surface area (Å²) in [5.41, 5.74) is 0. The Morgan fingerprint density at radius 1 is 1.00 bits per heavy atom. The molecule has 2 atom stereocenters. The predicted octanol–water partition coefficient (Wildman–Crippen LogP) is 0.164. The number of hydrogen-bond donors (Lipinski definition) is 3. The van der Waals surface area contributed by atoms with Gasteiger partial charge in [-0.25, -0.2) is 0 Å². The Bertz CT molecular complexity index is 495. The van der Waals surface area contributed by atoms with Crippen molar-refractivity contribution in [1.82, 2.24) is 0 Å². The molecule has 0 aromatic carbocycles. The summed E-state index contributed by atoms with van der Waals surface area (Å²) in [5, 5.41) is 5.89. The summed E-state index contributed by atoms with van der Waals surface area (Å²) < 4.78 is 63.2. The molecule has 1 aliphatic rings. The highest BCUT2D eigenvalue weighted by Crippen LogP contribution is 2.36. The van der Waals surface area contributed by atoms with Crippen LogP contribution in [0, 0.1) is 5.92 Å². The monoisotopic (exact) mass is 316 g/mol. The average Bonchev–Trinajstić information content (AvgIpc) is 2.23. The molecule has 0 saturated heterocycles. The molecule has 3 N–H and O–H groups in total. The van der Waals surface area contributed by atoms with Crippen molar-refractivity contribution in [1.29, 1.82) is 0 Å². The molecule has 0 bridgehead atoms. The van der Waals surface area contributed by atoms with Gasteiger partial charge in [-0.05, 0) is 25.2 Å². The van der Waals surface area contributed by atoms with Crippen LogP contribution >= 0.6 is 0 Å². The van der Waals surface area contributed by atoms with Gasteiger partial charge in [0, 0.05) is 6.42 Å². The maximum Gasteiger partial charge on any atom is 0.303 e. The van der Waals surface area contributed by atoms with Crippen LogP contribution < -0.4 is 0 Å². The second-order valence-corrected chi connectivity index (χ2v) is 7.90. The quantitative estimate of drug-likeness (QED) is 0.608. The molecule has 0 aromatic rings. The first kappa shape index (κ1) is 16.3. The Morgan fingerprint density at radius 2 is 1.42 bits per heavy atom. The van der Waals surface area contributed by atoms with Gasteiger partial charge in [0.25, 0.3) is 20.2 Å². The van der Waals surface area contributed by atoms with Crippen molar-refractivity contribution < 1.29 is 35.8 Å². The first-order valence-corrected chi connectivity index (χ1v) is 8.68. The molecule has 0 spiro atoms. The van der Waals surface area contributed by atoms with Gasteiger partial charge in [0.2, 0.25) is 0 Å². The molecule has 19 heavy (non-hydrogen) atoms. The van der Waals surface area contributed by atoms with E-state index in [2.05, 4.69) is 0 Å². The smallest absolute Gasteiger partial charge is 0.303 e. The van der Waals surface area contributed by atoms with Crippen LogP contribution in [0.1, 0.15) is 32.1 Å². The zero-order valence-electron chi connectivity index (χ0n) is 9.97. The minimum atomic E-state index is -4.48. The first-order chi connectivity index (χ1) is 8.53. The fourth-order valence-corrected chi connectivity index (χ4v) is 5.15. The molecular formula is C9H16O8S2. The molecule has 0 heterocycles. The normalized spacial score (nSPS) is 29.1. The summed E-state index contributed by atoms with van der Waals surface area (Å²) in [5.74, 6) is -2.32. The molecule has 0 radical (unpaired) electrons. The van der Waals surface area contributed by atoms with Gasteiger partial charge >= 0.3 is 5.97 Å². The van der Waals surface area contributed by atoms with Crippen molar-refractivity contribution in [3.63, 3.8) is 0 Å². The topological polar surface area (TPSA) is 146 Å². The summed E-state index contributed by atoms with van der Waals surface area (Å²) in [4.78, 5) is 10.5. The molecule has 1 fully saturated rings. The van der Waals surface area contributed by atoms with Crippen LogP contribution in [0.25, 0.3) is 0 Å². The van der Waals surface area contributed by atoms with E-state index in [9.17, 15) is 21.6 Å². The van der Waals surface area contributed by atoms with Crippen LogP contribution in [0.4, 0.5) is 0 Å². The highest BCUT2D eigenvalue weighted by Gasteiger charge is 2.45. The minimum Gasteiger partial charge on any atom is -0.481 e. The summed E-state index contributed by atoms with van der Waals surface area (Å²) in [7, 11) is -8.97. The number of carboxylic acids is 1. The van der Waals surface area contributed by atoms with Crippen molar-refractivity contribution in [2.75, 3.05) is 0 Å². The number of hydrogen-bond acceptors (Lipinski definition) is 5. The number of carbonyl (C=O) groups is 1. The van der Waals surface area contributed by atoms with Crippen LogP contribution in [0.15, 0.2) is 0 Å². The molecule has 112 valence electrons. The minimum absolute atomic E-state index is 0.0507. The fraction of sp³-hybridized carbons (Fsp3) is 0.889. The summed E-state index contributed by atoms with van der Waals surface area (Å²) in [6.07, 6.45) is -0.338. The molecule has 2 unspecified atom stereocenters. The van der Waals surface area contributed by atoms with Gasteiger partial charge in [0.1, 0.15) is 0 Å². The molecular weight excluding hydrogens is 300 g/mol. The molecule has 1 saturated carbocycles. The maximum atomic E-state index is 11.2. The highest BCUT2D eigenvalue weighted by atomic mass is 32.2. The molecule has 1 rings (SSSR count). The third-order valence-electron chi connectivity index (χ3n) is 3.39. The van der Waals surface area contributed by atoms with E-state index in [1.54, 1.807) is 0 Å². The molecule has 10 heteroatoms. The van der Waals surface area contributed by atoms with E-state index in [0.717, 1.165) is 0 Å². The SMILES string of the molecule is O=C(O)CCC1C(S(=O)(=O)O)CCCC1S(=O)(=O)O. The largest absolute Gasteiger partial charge is 0.481 e. The van der Waals surface area contributed by atoms with Crippen LogP contribution in [0.5, 0.6) is 0 Å². The van der Waals surface area contributed by atoms with Gasteiger partial charge in [-0.2, -0.15) is 16.8 Å². The van der Waals surface area contributed by atoms with Crippen molar-refractivity contribution in [3.05, 3.63) is 0 Å². The van der Waals surface area contributed by atoms with Gasteiger partial charge < -0.3 is 5.11 Å². The van der Waals surface area contributed by atoms with E-state index < -0.39 is 49.0 Å². The second kappa shape index (κ2) is 5.73. The Hall–Kier alpha value is -0.710. The van der Waals surface area contributed by atoms with Gasteiger partial charge in [0.05, 0.1) is 10.5 Å². The lowest BCUT2D eigenvalue weighted by Crippen LogP contribution is -2.44. The highest BCUT2D eigenvalue weighted by molar-refractivity contribution is 7.87. The van der Waals surface area contributed by atoms with E-state index in [-0.39, 0.29) is 25.7 Å². The first-order valence-electron chi connectivity index (χ1n) is 5.68. The van der Waals surface area contributed by atoms with Crippen molar-refractivity contribution in [2.24, 2.45) is 5.92 Å². The second-order valence-electron chi connectivity index (χ2n) is 4.63. The van der Waals surface area contributed by atoms with E-state index in [0.29, 0.717) is 0 Å². The molecule has 0 aliphatic heterocycles. The Kier molecular flexibility index (Phi) is 4.93. The molecule has 0 amide bonds. The van der Waals surface area contributed by atoms with E-state index in [4.69, 9.17) is 14.2 Å². The number of carboxylic acid groups (broad SMARTS) is 1. The standard InChI is InChI=1S/C9H16O8S2/c10-9(11)5-4-6-7(18(12,13)14)2-1-3-8(6)19(15,16)17/h6-8H,1-5H2,(H,10,11)(H,12,13,14)(H,15,16,17). The summed E-state index contributed by atoms with van der Waals surface area (Å²) in [6, 6.07) is 0. The van der Waals surface area contributed by atoms with E-state index in [1.807, 2.05) is 0 Å². The van der Waals surface area contributed by atoms with Crippen LogP contribution in [0.2, 0.25) is 0 Å². The third-order valence-corrected chi connectivity index (χ3v) is 6.09. The summed E-state index contributed by atoms with van der Waals surface area (Å²) in [6.45, 7) is 0. The van der Waals surface area contributed by atoms with Crippen molar-refractivity contribution >= 4 is 26.2 Å². The van der Waals surface area contributed by atoms with Gasteiger partial charge in [0.15, 0.2) is 0 Å². The lowest BCUT2D eigenvalue weighted by atomic mass is 9.85. The van der Waals surface area contributed by atoms with Crippen LogP contribution in [0.3, 0.4) is 0 Å².